The number of sulfone groups is 1. The molecule has 1 amide bonds. The molecule has 23 heavy (non-hydrogen) atoms. The molecule has 0 atom stereocenters. The van der Waals surface area contributed by atoms with E-state index in [-0.39, 0.29) is 17.4 Å². The molecule has 0 aliphatic rings. The van der Waals surface area contributed by atoms with Crippen molar-refractivity contribution in [3.05, 3.63) is 44.9 Å². The van der Waals surface area contributed by atoms with Crippen molar-refractivity contribution in [2.75, 3.05) is 11.1 Å². The summed E-state index contributed by atoms with van der Waals surface area (Å²) < 4.78 is 23.2. The standard InChI is InChI=1S/C15H17ClN2O3S2/c1-4-23(20,21)8-11-7-17-15(22-11)18-14(19)12-6-5-9(2)13(16)10(12)3/h5-7H,4,8H2,1-3H3,(H,17,18,19). The summed E-state index contributed by atoms with van der Waals surface area (Å²) in [6, 6.07) is 3.49. The Labute approximate surface area is 144 Å². The molecule has 1 aromatic heterocycles. The van der Waals surface area contributed by atoms with Gasteiger partial charge in [0, 0.05) is 27.4 Å². The van der Waals surface area contributed by atoms with Crippen LogP contribution < -0.4 is 5.32 Å². The van der Waals surface area contributed by atoms with Crippen LogP contribution in [0.2, 0.25) is 5.02 Å². The van der Waals surface area contributed by atoms with Gasteiger partial charge in [-0.3, -0.25) is 10.1 Å². The fourth-order valence-electron chi connectivity index (χ4n) is 1.98. The molecule has 0 aliphatic carbocycles. The molecule has 1 aromatic carbocycles. The third kappa shape index (κ3) is 4.31. The number of hydrogen-bond acceptors (Lipinski definition) is 5. The van der Waals surface area contributed by atoms with E-state index in [9.17, 15) is 13.2 Å². The van der Waals surface area contributed by atoms with Crippen molar-refractivity contribution in [3.8, 4) is 0 Å². The molecule has 1 heterocycles. The average Bonchev–Trinajstić information content (AvgIpc) is 2.91. The van der Waals surface area contributed by atoms with E-state index in [1.165, 1.54) is 6.20 Å². The van der Waals surface area contributed by atoms with Crippen LogP contribution >= 0.6 is 22.9 Å². The van der Waals surface area contributed by atoms with Crippen LogP contribution in [0.25, 0.3) is 0 Å². The minimum absolute atomic E-state index is 0.0631. The van der Waals surface area contributed by atoms with Crippen molar-refractivity contribution < 1.29 is 13.2 Å². The zero-order valence-electron chi connectivity index (χ0n) is 13.0. The number of aryl methyl sites for hydroxylation is 1. The summed E-state index contributed by atoms with van der Waals surface area (Å²) in [6.45, 7) is 5.26. The van der Waals surface area contributed by atoms with Gasteiger partial charge in [0.1, 0.15) is 0 Å². The second-order valence-electron chi connectivity index (χ2n) is 5.13. The van der Waals surface area contributed by atoms with Crippen LogP contribution in [0.15, 0.2) is 18.3 Å². The molecule has 2 aromatic rings. The fourth-order valence-corrected chi connectivity index (χ4v) is 4.24. The van der Waals surface area contributed by atoms with Crippen LogP contribution in [0.5, 0.6) is 0 Å². The van der Waals surface area contributed by atoms with Crippen LogP contribution in [-0.4, -0.2) is 25.1 Å². The van der Waals surface area contributed by atoms with E-state index in [1.807, 2.05) is 6.92 Å². The number of thiazole rings is 1. The number of rotatable bonds is 5. The number of benzene rings is 1. The number of nitrogens with zero attached hydrogens (tertiary/aromatic N) is 1. The highest BCUT2D eigenvalue weighted by molar-refractivity contribution is 7.90. The molecule has 0 spiro atoms. The van der Waals surface area contributed by atoms with Gasteiger partial charge in [-0.05, 0) is 31.0 Å². The molecule has 2 rings (SSSR count). The molecule has 0 saturated carbocycles. The first kappa shape index (κ1) is 17.9. The van der Waals surface area contributed by atoms with Crippen LogP contribution in [0.3, 0.4) is 0 Å². The molecule has 5 nitrogen and oxygen atoms in total. The molecule has 0 aliphatic heterocycles. The van der Waals surface area contributed by atoms with Gasteiger partial charge in [-0.15, -0.1) is 11.3 Å². The number of nitrogens with one attached hydrogen (secondary N) is 1. The highest BCUT2D eigenvalue weighted by atomic mass is 35.5. The number of carbonyl (C=O) groups is 1. The summed E-state index contributed by atoms with van der Waals surface area (Å²) in [5.41, 5.74) is 2.08. The molecule has 124 valence electrons. The smallest absolute Gasteiger partial charge is 0.257 e. The van der Waals surface area contributed by atoms with Crippen molar-refractivity contribution in [1.82, 2.24) is 4.98 Å². The Balaban J connectivity index is 2.16. The Hall–Kier alpha value is -1.44. The van der Waals surface area contributed by atoms with Crippen LogP contribution in [0, 0.1) is 13.8 Å². The van der Waals surface area contributed by atoms with Gasteiger partial charge in [0.05, 0.1) is 5.75 Å². The molecule has 0 unspecified atom stereocenters. The molecule has 0 bridgehead atoms. The largest absolute Gasteiger partial charge is 0.298 e. The quantitative estimate of drug-likeness (QED) is 0.869. The summed E-state index contributed by atoms with van der Waals surface area (Å²) in [4.78, 5) is 17.0. The number of carbonyl (C=O) groups excluding carboxylic acids is 1. The van der Waals surface area contributed by atoms with Gasteiger partial charge in [0.25, 0.3) is 5.91 Å². The molecule has 8 heteroatoms. The average molecular weight is 373 g/mol. The lowest BCUT2D eigenvalue weighted by atomic mass is 10.1. The number of hydrogen-bond donors (Lipinski definition) is 1. The topological polar surface area (TPSA) is 76.1 Å². The zero-order chi connectivity index (χ0) is 17.2. The molecule has 0 saturated heterocycles. The summed E-state index contributed by atoms with van der Waals surface area (Å²) in [5, 5.41) is 3.61. The minimum atomic E-state index is -3.12. The Morgan fingerprint density at radius 1 is 1.35 bits per heavy atom. The molecule has 1 N–H and O–H groups in total. The minimum Gasteiger partial charge on any atom is -0.298 e. The molecular weight excluding hydrogens is 356 g/mol. The van der Waals surface area contributed by atoms with Gasteiger partial charge in [-0.2, -0.15) is 0 Å². The Morgan fingerprint density at radius 2 is 2.04 bits per heavy atom. The maximum absolute atomic E-state index is 12.3. The van der Waals surface area contributed by atoms with Crippen molar-refractivity contribution in [2.45, 2.75) is 26.5 Å². The van der Waals surface area contributed by atoms with Gasteiger partial charge in [-0.1, -0.05) is 24.6 Å². The normalized spacial score (nSPS) is 11.5. The predicted octanol–water partition coefficient (Wildman–Crippen LogP) is 3.60. The number of anilines is 1. The summed E-state index contributed by atoms with van der Waals surface area (Å²) in [6.07, 6.45) is 1.47. The van der Waals surface area contributed by atoms with E-state index in [2.05, 4.69) is 10.3 Å². The molecule has 0 fully saturated rings. The van der Waals surface area contributed by atoms with Gasteiger partial charge in [-0.25, -0.2) is 13.4 Å². The highest BCUT2D eigenvalue weighted by Crippen LogP contribution is 2.25. The lowest BCUT2D eigenvalue weighted by Crippen LogP contribution is -2.13. The van der Waals surface area contributed by atoms with Crippen molar-refractivity contribution in [3.63, 3.8) is 0 Å². The van der Waals surface area contributed by atoms with E-state index >= 15 is 0 Å². The highest BCUT2D eigenvalue weighted by Gasteiger charge is 2.16. The van der Waals surface area contributed by atoms with Crippen molar-refractivity contribution >= 4 is 43.8 Å². The van der Waals surface area contributed by atoms with Gasteiger partial charge < -0.3 is 0 Å². The Bertz CT molecular complexity index is 844. The first-order valence-corrected chi connectivity index (χ1v) is 9.97. The molecular formula is C15H17ClN2O3S2. The second kappa shape index (κ2) is 6.98. The molecule has 0 radical (unpaired) electrons. The van der Waals surface area contributed by atoms with E-state index in [0.717, 1.165) is 16.9 Å². The summed E-state index contributed by atoms with van der Waals surface area (Å²) >= 11 is 7.32. The second-order valence-corrected chi connectivity index (χ2v) is 8.98. The number of halogens is 1. The first-order chi connectivity index (χ1) is 10.7. The number of amides is 1. The zero-order valence-corrected chi connectivity index (χ0v) is 15.4. The van der Waals surface area contributed by atoms with Gasteiger partial charge >= 0.3 is 0 Å². The maximum Gasteiger partial charge on any atom is 0.257 e. The maximum atomic E-state index is 12.3. The Morgan fingerprint density at radius 3 is 2.70 bits per heavy atom. The van der Waals surface area contributed by atoms with E-state index in [0.29, 0.717) is 26.2 Å². The van der Waals surface area contributed by atoms with Crippen LogP contribution in [-0.2, 0) is 15.6 Å². The third-order valence-electron chi connectivity index (χ3n) is 3.40. The summed E-state index contributed by atoms with van der Waals surface area (Å²) in [5.74, 6) is -0.302. The van der Waals surface area contributed by atoms with E-state index in [1.54, 1.807) is 26.0 Å². The van der Waals surface area contributed by atoms with Crippen LogP contribution in [0.4, 0.5) is 5.13 Å². The van der Waals surface area contributed by atoms with Gasteiger partial charge in [0.15, 0.2) is 15.0 Å². The fraction of sp³-hybridized carbons (Fsp3) is 0.333. The Kier molecular flexibility index (Phi) is 5.44. The lowest BCUT2D eigenvalue weighted by Gasteiger charge is -2.09. The van der Waals surface area contributed by atoms with E-state index < -0.39 is 9.84 Å². The lowest BCUT2D eigenvalue weighted by molar-refractivity contribution is 0.102. The number of aromatic nitrogens is 1. The van der Waals surface area contributed by atoms with Crippen molar-refractivity contribution in [1.29, 1.82) is 0 Å². The first-order valence-electron chi connectivity index (χ1n) is 6.95. The van der Waals surface area contributed by atoms with E-state index in [4.69, 9.17) is 11.6 Å². The van der Waals surface area contributed by atoms with Crippen LogP contribution in [0.1, 0.15) is 33.3 Å². The van der Waals surface area contributed by atoms with Gasteiger partial charge in [0.2, 0.25) is 0 Å². The third-order valence-corrected chi connectivity index (χ3v) is 6.71. The SMILES string of the molecule is CCS(=O)(=O)Cc1cnc(NC(=O)c2ccc(C)c(Cl)c2C)s1. The summed E-state index contributed by atoms with van der Waals surface area (Å²) in [7, 11) is -3.12. The monoisotopic (exact) mass is 372 g/mol. The predicted molar refractivity (Wildman–Crippen MR) is 94.2 cm³/mol. The van der Waals surface area contributed by atoms with Crippen molar-refractivity contribution in [2.24, 2.45) is 0 Å².